The third kappa shape index (κ3) is 4.00. The molecular formula is C22H22N2O5. The maximum atomic E-state index is 13.4. The van der Waals surface area contributed by atoms with E-state index in [1.54, 1.807) is 12.0 Å². The molecule has 0 aromatic heterocycles. The van der Waals surface area contributed by atoms with Gasteiger partial charge in [-0.25, -0.2) is 0 Å². The van der Waals surface area contributed by atoms with Crippen LogP contribution in [-0.4, -0.2) is 35.6 Å². The molecule has 0 radical (unpaired) electrons. The van der Waals surface area contributed by atoms with Crippen LogP contribution >= 0.6 is 0 Å². The molecule has 1 heterocycles. The fourth-order valence-corrected chi connectivity index (χ4v) is 3.90. The molecule has 1 aliphatic heterocycles. The molecule has 29 heavy (non-hydrogen) atoms. The minimum Gasteiger partial charge on any atom is -0.497 e. The lowest BCUT2D eigenvalue weighted by Gasteiger charge is -2.31. The van der Waals surface area contributed by atoms with Crippen molar-refractivity contribution in [3.05, 3.63) is 81.5 Å². The summed E-state index contributed by atoms with van der Waals surface area (Å²) in [5, 5.41) is 10.9. The Morgan fingerprint density at radius 3 is 2.59 bits per heavy atom. The van der Waals surface area contributed by atoms with E-state index >= 15 is 0 Å². The molecule has 2 bridgehead atoms. The van der Waals surface area contributed by atoms with E-state index in [9.17, 15) is 14.9 Å². The van der Waals surface area contributed by atoms with E-state index < -0.39 is 4.92 Å². The fraction of sp³-hybridized carbons (Fsp3) is 0.318. The van der Waals surface area contributed by atoms with E-state index in [-0.39, 0.29) is 23.6 Å². The average Bonchev–Trinajstić information content (AvgIpc) is 3.13. The molecular weight excluding hydrogens is 372 g/mol. The molecule has 1 aliphatic carbocycles. The van der Waals surface area contributed by atoms with Crippen LogP contribution in [-0.2, 0) is 11.3 Å². The number of hydrogen-bond acceptors (Lipinski definition) is 5. The largest absolute Gasteiger partial charge is 0.497 e. The van der Waals surface area contributed by atoms with Crippen LogP contribution in [0.25, 0.3) is 0 Å². The van der Waals surface area contributed by atoms with Gasteiger partial charge in [-0.3, -0.25) is 14.9 Å². The molecule has 1 saturated heterocycles. The summed E-state index contributed by atoms with van der Waals surface area (Å²) in [5.41, 5.74) is 2.33. The van der Waals surface area contributed by atoms with Crippen LogP contribution in [0.15, 0.2) is 60.3 Å². The van der Waals surface area contributed by atoms with Crippen LogP contribution < -0.4 is 4.74 Å². The van der Waals surface area contributed by atoms with Gasteiger partial charge >= 0.3 is 0 Å². The first kappa shape index (κ1) is 19.1. The second-order valence-corrected chi connectivity index (χ2v) is 7.30. The van der Waals surface area contributed by atoms with Gasteiger partial charge in [-0.1, -0.05) is 18.2 Å². The molecule has 2 atom stereocenters. The molecule has 7 nitrogen and oxygen atoms in total. The summed E-state index contributed by atoms with van der Waals surface area (Å²) in [6.07, 6.45) is 4.04. The molecule has 2 aromatic carbocycles. The number of methoxy groups -OCH3 is 1. The number of nitrogens with zero attached hydrogens (tertiary/aromatic N) is 2. The summed E-state index contributed by atoms with van der Waals surface area (Å²) in [4.78, 5) is 25.6. The first-order valence-electron chi connectivity index (χ1n) is 9.56. The van der Waals surface area contributed by atoms with Crippen LogP contribution in [0.2, 0.25) is 0 Å². The second kappa shape index (κ2) is 8.05. The zero-order valence-electron chi connectivity index (χ0n) is 16.1. The Bertz CT molecular complexity index is 937. The Balaban J connectivity index is 1.64. The summed E-state index contributed by atoms with van der Waals surface area (Å²) in [5.74, 6) is 0.771. The number of benzene rings is 2. The van der Waals surface area contributed by atoms with Crippen molar-refractivity contribution in [2.24, 2.45) is 5.92 Å². The first-order chi connectivity index (χ1) is 14.0. The lowest BCUT2D eigenvalue weighted by Crippen LogP contribution is -2.34. The third-order valence-electron chi connectivity index (χ3n) is 5.47. The molecule has 2 unspecified atom stereocenters. The minimum atomic E-state index is -0.469. The predicted octanol–water partition coefficient (Wildman–Crippen LogP) is 3.94. The van der Waals surface area contributed by atoms with Crippen LogP contribution in [0.1, 0.15) is 28.8 Å². The minimum absolute atomic E-state index is 0.0350. The van der Waals surface area contributed by atoms with Gasteiger partial charge in [0.25, 0.3) is 11.6 Å². The highest BCUT2D eigenvalue weighted by molar-refractivity contribution is 5.95. The molecule has 2 aliphatic rings. The normalized spacial score (nSPS) is 20.1. The Hall–Kier alpha value is -3.19. The van der Waals surface area contributed by atoms with Crippen molar-refractivity contribution in [2.45, 2.75) is 25.5 Å². The van der Waals surface area contributed by atoms with Gasteiger partial charge < -0.3 is 14.4 Å². The number of rotatable bonds is 6. The van der Waals surface area contributed by atoms with E-state index in [4.69, 9.17) is 9.47 Å². The van der Waals surface area contributed by atoms with Crippen LogP contribution in [0, 0.1) is 16.0 Å². The van der Waals surface area contributed by atoms with Crippen LogP contribution in [0.4, 0.5) is 5.69 Å². The standard InChI is InChI=1S/C22H22N2O5/c1-28-19-8-2-15(3-9-19)13-23(21-11-10-20-12-17(21)14-29-20)22(25)16-4-6-18(7-5-16)24(26)27/h2-9,11,17,20H,10,12-14H2,1H3. The molecule has 7 heteroatoms. The Morgan fingerprint density at radius 1 is 1.21 bits per heavy atom. The van der Waals surface area contributed by atoms with Gasteiger partial charge in [0.05, 0.1) is 31.3 Å². The van der Waals surface area contributed by atoms with Crippen molar-refractivity contribution in [1.82, 2.24) is 4.90 Å². The van der Waals surface area contributed by atoms with E-state index in [1.165, 1.54) is 24.3 Å². The highest BCUT2D eigenvalue weighted by Crippen LogP contribution is 2.36. The number of hydrogen-bond donors (Lipinski definition) is 0. The number of carbonyl (C=O) groups is 1. The van der Waals surface area contributed by atoms with Gasteiger partial charge in [-0.05, 0) is 42.7 Å². The average molecular weight is 394 g/mol. The number of ether oxygens (including phenoxy) is 2. The molecule has 0 N–H and O–H groups in total. The molecule has 2 aromatic rings. The summed E-state index contributed by atoms with van der Waals surface area (Å²) >= 11 is 0. The summed E-state index contributed by atoms with van der Waals surface area (Å²) in [6.45, 7) is 1.02. The topological polar surface area (TPSA) is 81.9 Å². The lowest BCUT2D eigenvalue weighted by atomic mass is 9.92. The number of amides is 1. The summed E-state index contributed by atoms with van der Waals surface area (Å²) < 4.78 is 11.0. The van der Waals surface area contributed by atoms with Gasteiger partial charge in [0.15, 0.2) is 0 Å². The predicted molar refractivity (Wildman–Crippen MR) is 107 cm³/mol. The third-order valence-corrected chi connectivity index (χ3v) is 5.47. The Labute approximate surface area is 168 Å². The number of non-ortho nitro benzene ring substituents is 1. The zero-order chi connectivity index (χ0) is 20.4. The lowest BCUT2D eigenvalue weighted by molar-refractivity contribution is -0.384. The van der Waals surface area contributed by atoms with Crippen molar-refractivity contribution in [3.8, 4) is 5.75 Å². The van der Waals surface area contributed by atoms with Crippen molar-refractivity contribution >= 4 is 11.6 Å². The number of fused-ring (bicyclic) bond motifs is 2. The molecule has 150 valence electrons. The van der Waals surface area contributed by atoms with Crippen molar-refractivity contribution in [3.63, 3.8) is 0 Å². The Morgan fingerprint density at radius 2 is 1.93 bits per heavy atom. The van der Waals surface area contributed by atoms with Crippen molar-refractivity contribution in [2.75, 3.05) is 13.7 Å². The number of nitro benzene ring substituents is 1. The van der Waals surface area contributed by atoms with Crippen molar-refractivity contribution < 1.29 is 19.2 Å². The molecule has 0 saturated carbocycles. The monoisotopic (exact) mass is 394 g/mol. The maximum absolute atomic E-state index is 13.4. The first-order valence-corrected chi connectivity index (χ1v) is 9.56. The highest BCUT2D eigenvalue weighted by atomic mass is 16.6. The van der Waals surface area contributed by atoms with Gasteiger partial charge in [0.1, 0.15) is 5.75 Å². The Kier molecular flexibility index (Phi) is 5.31. The fourth-order valence-electron chi connectivity index (χ4n) is 3.90. The zero-order valence-corrected chi connectivity index (χ0v) is 16.1. The number of nitro groups is 1. The molecule has 1 amide bonds. The van der Waals surface area contributed by atoms with Gasteiger partial charge in [0, 0.05) is 29.3 Å². The van der Waals surface area contributed by atoms with E-state index in [1.807, 2.05) is 24.3 Å². The smallest absolute Gasteiger partial charge is 0.269 e. The highest BCUT2D eigenvalue weighted by Gasteiger charge is 2.36. The molecule has 1 fully saturated rings. The quantitative estimate of drug-likeness (QED) is 0.548. The second-order valence-electron chi connectivity index (χ2n) is 7.30. The SMILES string of the molecule is COc1ccc(CN(C(=O)c2ccc([N+](=O)[O-])cc2)C2=CCC3CC2CO3)cc1. The van der Waals surface area contributed by atoms with Gasteiger partial charge in [0.2, 0.25) is 0 Å². The van der Waals surface area contributed by atoms with E-state index in [2.05, 4.69) is 6.08 Å². The van der Waals surface area contributed by atoms with Gasteiger partial charge in [-0.15, -0.1) is 0 Å². The molecule has 4 rings (SSSR count). The number of carbonyl (C=O) groups excluding carboxylic acids is 1. The van der Waals surface area contributed by atoms with Gasteiger partial charge in [-0.2, -0.15) is 0 Å². The van der Waals surface area contributed by atoms with Crippen molar-refractivity contribution in [1.29, 1.82) is 0 Å². The summed E-state index contributed by atoms with van der Waals surface area (Å²) in [7, 11) is 1.61. The van der Waals surface area contributed by atoms with E-state index in [0.29, 0.717) is 18.7 Å². The van der Waals surface area contributed by atoms with E-state index in [0.717, 1.165) is 29.9 Å². The van der Waals surface area contributed by atoms with Crippen LogP contribution in [0.5, 0.6) is 5.75 Å². The summed E-state index contributed by atoms with van der Waals surface area (Å²) in [6, 6.07) is 13.4. The van der Waals surface area contributed by atoms with Crippen LogP contribution in [0.3, 0.4) is 0 Å². The molecule has 0 spiro atoms. The maximum Gasteiger partial charge on any atom is 0.269 e.